The number of pyridine rings is 1. The number of nitrogens with zero attached hydrogens (tertiary/aromatic N) is 3. The number of fused-ring (bicyclic) bond motifs is 3. The molecule has 5 atom stereocenters. The number of ketones is 1. The van der Waals surface area contributed by atoms with Gasteiger partial charge in [-0.1, -0.05) is 44.9 Å². The number of aromatic nitrogens is 2. The summed E-state index contributed by atoms with van der Waals surface area (Å²) in [5, 5.41) is 6.95. The maximum absolute atomic E-state index is 15.0. The molecule has 2 amide bonds. The zero-order chi connectivity index (χ0) is 43.3. The van der Waals surface area contributed by atoms with Crippen LogP contribution in [0.5, 0.6) is 11.5 Å². The number of methoxy groups -OCH3 is 1. The number of hydrogen-bond acceptors (Lipinski definition) is 12. The highest BCUT2D eigenvalue weighted by molar-refractivity contribution is 7.91. The number of Topliss-reactive ketones (excluding diaryl/α,β-unsaturated/α-hetero) is 1. The number of thiazole rings is 1. The van der Waals surface area contributed by atoms with Crippen LogP contribution in [0.2, 0.25) is 0 Å². The minimum absolute atomic E-state index is 0.114. The molecule has 61 heavy (non-hydrogen) atoms. The number of nitrogens with two attached hydrogens (primary N) is 1. The van der Waals surface area contributed by atoms with Crippen molar-refractivity contribution in [2.24, 2.45) is 11.3 Å². The molecule has 0 radical (unpaired) electrons. The van der Waals surface area contributed by atoms with Crippen LogP contribution in [0.4, 0.5) is 11.4 Å². The van der Waals surface area contributed by atoms with Gasteiger partial charge in [0.1, 0.15) is 34.3 Å². The molecule has 4 heterocycles. The van der Waals surface area contributed by atoms with E-state index in [1.165, 1.54) is 11.3 Å². The average molecular weight is 869 g/mol. The summed E-state index contributed by atoms with van der Waals surface area (Å²) in [5.74, 6) is -0.0562. The van der Waals surface area contributed by atoms with Crippen LogP contribution >= 0.6 is 11.3 Å². The van der Waals surface area contributed by atoms with E-state index in [-0.39, 0.29) is 42.9 Å². The van der Waals surface area contributed by atoms with Crippen molar-refractivity contribution in [2.75, 3.05) is 24.7 Å². The summed E-state index contributed by atoms with van der Waals surface area (Å²) < 4.78 is 40.6. The molecule has 2 aromatic heterocycles. The highest BCUT2D eigenvalue weighted by Gasteiger charge is 2.62. The van der Waals surface area contributed by atoms with Gasteiger partial charge in [-0.25, -0.2) is 18.4 Å². The number of carbonyl (C=O) groups is 3. The molecule has 2 aliphatic heterocycles. The number of ether oxygens (including phenoxy) is 2. The lowest BCUT2D eigenvalue weighted by atomic mass is 9.91. The van der Waals surface area contributed by atoms with Crippen LogP contribution in [0.15, 0.2) is 60.0 Å². The van der Waals surface area contributed by atoms with E-state index in [1.807, 2.05) is 54.8 Å². The summed E-state index contributed by atoms with van der Waals surface area (Å²) in [5.41, 5.74) is 9.27. The molecule has 8 rings (SSSR count). The fourth-order valence-electron chi connectivity index (χ4n) is 8.77. The number of rotatable bonds is 10. The molecular formula is C46H56N6O7S2. The first kappa shape index (κ1) is 42.7. The molecule has 2 aromatic carbocycles. The number of carbonyl (C=O) groups excluding carboxylic acids is 3. The van der Waals surface area contributed by atoms with Gasteiger partial charge in [-0.2, -0.15) is 0 Å². The molecular weight excluding hydrogens is 813 g/mol. The Labute approximate surface area is 361 Å². The Morgan fingerprint density at radius 3 is 2.59 bits per heavy atom. The number of nitrogen functional groups attached to an aromatic ring is 1. The molecule has 4 N–H and O–H groups in total. The van der Waals surface area contributed by atoms with E-state index in [0.717, 1.165) is 47.3 Å². The molecule has 0 bridgehead atoms. The van der Waals surface area contributed by atoms with Gasteiger partial charge in [0.05, 0.1) is 41.1 Å². The average Bonchev–Trinajstić information content (AvgIpc) is 3.99. The lowest BCUT2D eigenvalue weighted by Gasteiger charge is -2.30. The molecule has 0 spiro atoms. The van der Waals surface area contributed by atoms with Gasteiger partial charge in [0.25, 0.3) is 0 Å². The number of amides is 2. The summed E-state index contributed by atoms with van der Waals surface area (Å²) in [6, 6.07) is 11.3. The highest BCUT2D eigenvalue weighted by atomic mass is 32.2. The van der Waals surface area contributed by atoms with E-state index >= 15 is 0 Å². The largest absolute Gasteiger partial charge is 0.496 e. The van der Waals surface area contributed by atoms with Crippen molar-refractivity contribution >= 4 is 61.2 Å². The maximum atomic E-state index is 15.0. The number of benzene rings is 2. The van der Waals surface area contributed by atoms with Crippen molar-refractivity contribution in [1.82, 2.24) is 19.6 Å². The van der Waals surface area contributed by atoms with Gasteiger partial charge >= 0.3 is 0 Å². The van der Waals surface area contributed by atoms with Crippen molar-refractivity contribution in [3.05, 3.63) is 71.3 Å². The SMILES string of the molecule is COc1ccc2c(O[C@@H]3C[C@H]4C(=O)C[C@]5(C(=O)NS(=O)(=O)C6(C)CC6)C[C@H]5/C=C\CCCCC[C@H](Nc5cccc(N)c5)C(=O)N4C3)cc(-c3nc(C(C)C)cs3)nc2c1C. The predicted molar refractivity (Wildman–Crippen MR) is 238 cm³/mol. The lowest BCUT2D eigenvalue weighted by Crippen LogP contribution is -2.49. The third-order valence-corrected chi connectivity index (χ3v) is 16.1. The number of hydrogen-bond donors (Lipinski definition) is 3. The minimum atomic E-state index is -3.95. The molecule has 13 nitrogen and oxygen atoms in total. The van der Waals surface area contributed by atoms with E-state index in [9.17, 15) is 22.8 Å². The van der Waals surface area contributed by atoms with E-state index in [2.05, 4.69) is 23.9 Å². The molecule has 4 aromatic rings. The third kappa shape index (κ3) is 8.60. The number of sulfonamides is 1. The summed E-state index contributed by atoms with van der Waals surface area (Å²) >= 11 is 1.51. The fraction of sp³-hybridized carbons (Fsp3) is 0.500. The van der Waals surface area contributed by atoms with Gasteiger partial charge in [-0.3, -0.25) is 19.1 Å². The Morgan fingerprint density at radius 2 is 1.87 bits per heavy atom. The summed E-state index contributed by atoms with van der Waals surface area (Å²) in [4.78, 5) is 55.5. The van der Waals surface area contributed by atoms with Crippen LogP contribution in [0.25, 0.3) is 21.6 Å². The third-order valence-electron chi connectivity index (χ3n) is 13.1. The molecule has 2 aliphatic carbocycles. The van der Waals surface area contributed by atoms with Crippen molar-refractivity contribution in [3.8, 4) is 22.2 Å². The summed E-state index contributed by atoms with van der Waals surface area (Å²) in [6.45, 7) is 7.88. The van der Waals surface area contributed by atoms with Crippen LogP contribution < -0.4 is 25.2 Å². The Hall–Kier alpha value is -5.02. The van der Waals surface area contributed by atoms with Crippen molar-refractivity contribution in [2.45, 2.75) is 121 Å². The summed E-state index contributed by atoms with van der Waals surface area (Å²) in [7, 11) is -2.33. The topological polar surface area (TPSA) is 183 Å². The first-order chi connectivity index (χ1) is 29.1. The van der Waals surface area contributed by atoms with Crippen molar-refractivity contribution < 1.29 is 32.3 Å². The second-order valence-electron chi connectivity index (χ2n) is 17.9. The highest BCUT2D eigenvalue weighted by Crippen LogP contribution is 2.57. The minimum Gasteiger partial charge on any atom is -0.496 e. The number of nitrogens with one attached hydrogen (secondary N) is 2. The molecule has 0 unspecified atom stereocenters. The van der Waals surface area contributed by atoms with E-state index in [1.54, 1.807) is 31.1 Å². The molecule has 4 aliphatic rings. The summed E-state index contributed by atoms with van der Waals surface area (Å²) in [6.07, 6.45) is 8.47. The smallest absolute Gasteiger partial charge is 0.245 e. The number of aryl methyl sites for hydroxylation is 1. The second-order valence-corrected chi connectivity index (χ2v) is 20.9. The van der Waals surface area contributed by atoms with Crippen molar-refractivity contribution in [1.29, 1.82) is 0 Å². The zero-order valence-electron chi connectivity index (χ0n) is 35.5. The van der Waals surface area contributed by atoms with Crippen LogP contribution in [0.1, 0.15) is 102 Å². The van der Waals surface area contributed by atoms with Crippen LogP contribution in [0, 0.1) is 18.3 Å². The normalized spacial score (nSPS) is 25.8. The molecule has 15 heteroatoms. The predicted octanol–water partition coefficient (Wildman–Crippen LogP) is 7.69. The first-order valence-electron chi connectivity index (χ1n) is 21.4. The molecule has 1 saturated heterocycles. The Balaban J connectivity index is 1.15. The lowest BCUT2D eigenvalue weighted by molar-refractivity contribution is -0.139. The van der Waals surface area contributed by atoms with Gasteiger partial charge in [0.15, 0.2) is 5.78 Å². The standard InChI is InChI=1S/C46H56N6O7S2/c1-27(2)36-26-60-42(50-36)35-22-40(33-16-17-39(58-5)28(3)41(33)49-35)59-32-21-37-38(53)24-46(44(55)51-61(56,57)45(4)18-19-45)23-29(46)12-9-7-6-8-10-15-34(43(54)52(37)25-32)48-31-14-11-13-30(47)20-31/h9,11-14,16-17,20,22,26-27,29,32,34,37,48H,6-8,10,15,18-19,21,23-25,47H2,1-5H3,(H,51,55)/b12-9-/t29-,32-,34+,37+,46-/m1/s1. The zero-order valence-corrected chi connectivity index (χ0v) is 37.2. The van der Waals surface area contributed by atoms with Crippen LogP contribution in [-0.4, -0.2) is 77.5 Å². The van der Waals surface area contributed by atoms with Gasteiger partial charge in [0.2, 0.25) is 21.8 Å². The number of anilines is 2. The van der Waals surface area contributed by atoms with Gasteiger partial charge in [-0.05, 0) is 94.5 Å². The van der Waals surface area contributed by atoms with E-state index < -0.39 is 44.3 Å². The second kappa shape index (κ2) is 16.7. The first-order valence-corrected chi connectivity index (χ1v) is 23.8. The van der Waals surface area contributed by atoms with Gasteiger partial charge < -0.3 is 25.4 Å². The fourth-order valence-corrected chi connectivity index (χ4v) is 11.0. The molecule has 324 valence electrons. The van der Waals surface area contributed by atoms with Gasteiger partial charge in [0, 0.05) is 46.6 Å². The van der Waals surface area contributed by atoms with E-state index in [4.69, 9.17) is 25.2 Å². The molecule has 3 fully saturated rings. The Morgan fingerprint density at radius 1 is 1.07 bits per heavy atom. The quantitative estimate of drug-likeness (QED) is 0.105. The maximum Gasteiger partial charge on any atom is 0.245 e. The Bertz CT molecular complexity index is 2500. The van der Waals surface area contributed by atoms with Crippen molar-refractivity contribution in [3.63, 3.8) is 0 Å². The van der Waals surface area contributed by atoms with E-state index in [0.29, 0.717) is 59.8 Å². The van der Waals surface area contributed by atoms with Gasteiger partial charge in [-0.15, -0.1) is 11.3 Å². The van der Waals surface area contributed by atoms with Crippen LogP contribution in [0.3, 0.4) is 0 Å². The monoisotopic (exact) mass is 868 g/mol. The number of allylic oxidation sites excluding steroid dienone is 2. The Kier molecular flexibility index (Phi) is 11.7. The van der Waals surface area contributed by atoms with Crippen LogP contribution in [-0.2, 0) is 24.4 Å². The molecule has 2 saturated carbocycles.